The van der Waals surface area contributed by atoms with Gasteiger partial charge in [-0.2, -0.15) is 0 Å². The van der Waals surface area contributed by atoms with Crippen LogP contribution in [0.5, 0.6) is 0 Å². The summed E-state index contributed by atoms with van der Waals surface area (Å²) in [5, 5.41) is 0.105. The molecular weight excluding hydrogens is 451 g/mol. The fraction of sp³-hybridized carbons (Fsp3) is 0.444. The molecule has 2 heterocycles. The van der Waals surface area contributed by atoms with Crippen LogP contribution in [0, 0.1) is 11.7 Å². The number of hydrogen-bond donors (Lipinski definition) is 0. The molecule has 0 N–H and O–H groups in total. The average molecular weight is 485 g/mol. The minimum absolute atomic E-state index is 0.0718. The van der Waals surface area contributed by atoms with Gasteiger partial charge < -0.3 is 9.47 Å². The Bertz CT molecular complexity index is 1350. The lowest BCUT2D eigenvalue weighted by atomic mass is 9.99. The molecule has 4 rings (SSSR count). The van der Waals surface area contributed by atoms with Crippen molar-refractivity contribution in [3.63, 3.8) is 0 Å². The maximum atomic E-state index is 15.3. The van der Waals surface area contributed by atoms with Gasteiger partial charge in [-0.05, 0) is 61.4 Å². The van der Waals surface area contributed by atoms with E-state index in [1.165, 1.54) is 24.4 Å². The number of pyridine rings is 1. The summed E-state index contributed by atoms with van der Waals surface area (Å²) in [6, 6.07) is 9.55. The molecule has 0 bridgehead atoms. The number of aryl methyl sites for hydroxylation is 2. The van der Waals surface area contributed by atoms with Crippen molar-refractivity contribution in [2.24, 2.45) is 5.92 Å². The van der Waals surface area contributed by atoms with Gasteiger partial charge in [0.15, 0.2) is 0 Å². The predicted octanol–water partition coefficient (Wildman–Crippen LogP) is 5.57. The number of aromatic nitrogens is 1. The molecule has 5 nitrogen and oxygen atoms in total. The third-order valence-corrected chi connectivity index (χ3v) is 8.56. The third-order valence-electron chi connectivity index (χ3n) is 6.80. The molecule has 1 aromatic heterocycles. The summed E-state index contributed by atoms with van der Waals surface area (Å²) in [5.74, 6) is -0.0136. The summed E-state index contributed by atoms with van der Waals surface area (Å²) < 4.78 is 44.0. The lowest BCUT2D eigenvalue weighted by molar-refractivity contribution is 0.442. The van der Waals surface area contributed by atoms with E-state index in [1.807, 2.05) is 16.4 Å². The first kappa shape index (κ1) is 24.5. The molecular formula is C27H33FN2O3S. The summed E-state index contributed by atoms with van der Waals surface area (Å²) in [5.41, 5.74) is 1.42. The van der Waals surface area contributed by atoms with E-state index in [0.29, 0.717) is 23.7 Å². The quantitative estimate of drug-likeness (QED) is 0.440. The number of piperidine rings is 1. The van der Waals surface area contributed by atoms with Crippen molar-refractivity contribution >= 4 is 26.4 Å². The standard InChI is InChI=1S/C27H33FN2O3S/c1-4-6-13-30-18-26(34(32,33)21-11-9-20(5-2)10-12-21)27(31)22-15-23(28)25(16-24(22)30)29-14-7-8-19(3)17-29/h9-12,15-16,18-19H,4-8,13-14,17H2,1-3H3/t19-/m0/s1. The average Bonchev–Trinajstić information content (AvgIpc) is 2.83. The minimum Gasteiger partial charge on any atom is -0.369 e. The van der Waals surface area contributed by atoms with E-state index in [0.717, 1.165) is 50.8 Å². The molecule has 1 aliphatic rings. The first-order valence-electron chi connectivity index (χ1n) is 12.2. The maximum absolute atomic E-state index is 15.3. The van der Waals surface area contributed by atoms with E-state index in [9.17, 15) is 13.2 Å². The van der Waals surface area contributed by atoms with Gasteiger partial charge in [-0.15, -0.1) is 0 Å². The summed E-state index contributed by atoms with van der Waals surface area (Å²) in [6.07, 6.45) is 6.08. The number of sulfone groups is 1. The fourth-order valence-corrected chi connectivity index (χ4v) is 6.13. The highest BCUT2D eigenvalue weighted by Crippen LogP contribution is 2.30. The Kier molecular flexibility index (Phi) is 7.12. The molecule has 0 aliphatic carbocycles. The zero-order chi connectivity index (χ0) is 24.5. The zero-order valence-corrected chi connectivity index (χ0v) is 21.0. The van der Waals surface area contributed by atoms with Gasteiger partial charge in [0, 0.05) is 25.8 Å². The molecule has 0 unspecified atom stereocenters. The van der Waals surface area contributed by atoms with Gasteiger partial charge in [0.05, 0.1) is 21.5 Å². The van der Waals surface area contributed by atoms with Crippen molar-refractivity contribution in [3.05, 3.63) is 64.2 Å². The van der Waals surface area contributed by atoms with Crippen molar-refractivity contribution in [1.82, 2.24) is 4.57 Å². The molecule has 0 saturated carbocycles. The van der Waals surface area contributed by atoms with Crippen LogP contribution in [0.2, 0.25) is 0 Å². The highest BCUT2D eigenvalue weighted by Gasteiger charge is 2.26. The molecule has 1 atom stereocenters. The SMILES string of the molecule is CCCCn1cc(S(=O)(=O)c2ccc(CC)cc2)c(=O)c2cc(F)c(N3CCC[C@H](C)C3)cc21. The van der Waals surface area contributed by atoms with E-state index in [2.05, 4.69) is 13.8 Å². The van der Waals surface area contributed by atoms with E-state index in [-0.39, 0.29) is 15.2 Å². The van der Waals surface area contributed by atoms with Gasteiger partial charge in [0.1, 0.15) is 10.7 Å². The molecule has 3 aromatic rings. The molecule has 7 heteroatoms. The number of hydrogen-bond acceptors (Lipinski definition) is 4. The number of unbranched alkanes of at least 4 members (excludes halogenated alkanes) is 1. The van der Waals surface area contributed by atoms with E-state index in [4.69, 9.17) is 0 Å². The molecule has 0 amide bonds. The van der Waals surface area contributed by atoms with Crippen molar-refractivity contribution in [1.29, 1.82) is 0 Å². The van der Waals surface area contributed by atoms with Gasteiger partial charge in [0.25, 0.3) is 0 Å². The van der Waals surface area contributed by atoms with Crippen LogP contribution >= 0.6 is 0 Å². The molecule has 0 radical (unpaired) electrons. The number of halogens is 1. The van der Waals surface area contributed by atoms with Crippen LogP contribution < -0.4 is 10.3 Å². The van der Waals surface area contributed by atoms with Gasteiger partial charge in [-0.1, -0.05) is 39.3 Å². The number of benzene rings is 2. The molecule has 1 saturated heterocycles. The van der Waals surface area contributed by atoms with Crippen LogP contribution in [0.15, 0.2) is 57.2 Å². The van der Waals surface area contributed by atoms with Crippen molar-refractivity contribution in [2.75, 3.05) is 18.0 Å². The van der Waals surface area contributed by atoms with Gasteiger partial charge in [0.2, 0.25) is 15.3 Å². The summed E-state index contributed by atoms with van der Waals surface area (Å²) in [4.78, 5) is 15.2. The first-order chi connectivity index (χ1) is 16.3. The lowest BCUT2D eigenvalue weighted by Crippen LogP contribution is -2.35. The van der Waals surface area contributed by atoms with Gasteiger partial charge in [-0.25, -0.2) is 12.8 Å². The summed E-state index contributed by atoms with van der Waals surface area (Å²) in [7, 11) is -4.05. The zero-order valence-electron chi connectivity index (χ0n) is 20.2. The predicted molar refractivity (Wildman–Crippen MR) is 135 cm³/mol. The first-order valence-corrected chi connectivity index (χ1v) is 13.7. The minimum atomic E-state index is -4.05. The maximum Gasteiger partial charge on any atom is 0.211 e. The monoisotopic (exact) mass is 484 g/mol. The Hall–Kier alpha value is -2.67. The molecule has 182 valence electrons. The lowest BCUT2D eigenvalue weighted by Gasteiger charge is -2.33. The van der Waals surface area contributed by atoms with Crippen LogP contribution in [0.25, 0.3) is 10.9 Å². The third kappa shape index (κ3) is 4.63. The van der Waals surface area contributed by atoms with E-state index < -0.39 is 21.1 Å². The highest BCUT2D eigenvalue weighted by molar-refractivity contribution is 7.91. The Morgan fingerprint density at radius 3 is 2.50 bits per heavy atom. The largest absolute Gasteiger partial charge is 0.369 e. The van der Waals surface area contributed by atoms with Crippen LogP contribution in [0.3, 0.4) is 0 Å². The number of anilines is 1. The summed E-state index contributed by atoms with van der Waals surface area (Å²) >= 11 is 0. The van der Waals surface area contributed by atoms with Crippen LogP contribution in [0.4, 0.5) is 10.1 Å². The van der Waals surface area contributed by atoms with Crippen molar-refractivity contribution < 1.29 is 12.8 Å². The van der Waals surface area contributed by atoms with Crippen LogP contribution in [-0.4, -0.2) is 26.1 Å². The molecule has 34 heavy (non-hydrogen) atoms. The molecule has 0 spiro atoms. The Balaban J connectivity index is 1.90. The summed E-state index contributed by atoms with van der Waals surface area (Å²) in [6.45, 7) is 8.29. The van der Waals surface area contributed by atoms with Gasteiger partial charge in [-0.3, -0.25) is 4.79 Å². The molecule has 2 aromatic carbocycles. The fourth-order valence-electron chi connectivity index (χ4n) is 4.76. The second-order valence-electron chi connectivity index (χ2n) is 9.38. The Morgan fingerprint density at radius 1 is 1.12 bits per heavy atom. The number of fused-ring (bicyclic) bond motifs is 1. The Labute approximate surface area is 201 Å². The second-order valence-corrected chi connectivity index (χ2v) is 11.3. The Morgan fingerprint density at radius 2 is 1.85 bits per heavy atom. The molecule has 1 aliphatic heterocycles. The second kappa shape index (κ2) is 9.90. The van der Waals surface area contributed by atoms with E-state index >= 15 is 4.39 Å². The van der Waals surface area contributed by atoms with Crippen molar-refractivity contribution in [3.8, 4) is 0 Å². The van der Waals surface area contributed by atoms with Crippen LogP contribution in [-0.2, 0) is 22.8 Å². The smallest absolute Gasteiger partial charge is 0.211 e. The normalized spacial score (nSPS) is 16.8. The van der Waals surface area contributed by atoms with Crippen molar-refractivity contribution in [2.45, 2.75) is 69.2 Å². The number of rotatable bonds is 7. The number of nitrogens with zero attached hydrogens (tertiary/aromatic N) is 2. The van der Waals surface area contributed by atoms with Gasteiger partial charge >= 0.3 is 0 Å². The molecule has 1 fully saturated rings. The topological polar surface area (TPSA) is 59.4 Å². The highest BCUT2D eigenvalue weighted by atomic mass is 32.2. The van der Waals surface area contributed by atoms with Crippen LogP contribution in [0.1, 0.15) is 52.0 Å². The van der Waals surface area contributed by atoms with E-state index in [1.54, 1.807) is 18.2 Å².